The van der Waals surface area contributed by atoms with Gasteiger partial charge in [0.15, 0.2) is 0 Å². The summed E-state index contributed by atoms with van der Waals surface area (Å²) in [4.78, 5) is 25.6. The molecule has 1 N–H and O–H groups in total. The summed E-state index contributed by atoms with van der Waals surface area (Å²) < 4.78 is 6.97. The monoisotopic (exact) mass is 417 g/mol. The van der Waals surface area contributed by atoms with Gasteiger partial charge in [0.2, 0.25) is 0 Å². The van der Waals surface area contributed by atoms with E-state index in [-0.39, 0.29) is 0 Å². The third-order valence-electron chi connectivity index (χ3n) is 5.49. The van der Waals surface area contributed by atoms with Gasteiger partial charge in [0.25, 0.3) is 5.91 Å². The fraction of sp³-hybridized carbons (Fsp3) is 0.217. The molecule has 0 unspecified atom stereocenters. The van der Waals surface area contributed by atoms with E-state index in [1.807, 2.05) is 48.9 Å². The molecular formula is C23H23N5O3. The quantitative estimate of drug-likeness (QED) is 0.510. The minimum Gasteiger partial charge on any atom is -0.497 e. The third kappa shape index (κ3) is 3.46. The van der Waals surface area contributed by atoms with Crippen molar-refractivity contribution in [3.05, 3.63) is 77.1 Å². The summed E-state index contributed by atoms with van der Waals surface area (Å²) in [6, 6.07) is 16.1. The Morgan fingerprint density at radius 2 is 1.74 bits per heavy atom. The first kappa shape index (κ1) is 20.3. The molecule has 1 aromatic heterocycles. The highest BCUT2D eigenvalue weighted by molar-refractivity contribution is 6.07. The molecule has 1 fully saturated rings. The number of carbonyl (C=O) groups excluding carboxylic acids is 2. The van der Waals surface area contributed by atoms with Gasteiger partial charge in [-0.3, -0.25) is 4.79 Å². The van der Waals surface area contributed by atoms with E-state index in [4.69, 9.17) is 4.74 Å². The summed E-state index contributed by atoms with van der Waals surface area (Å²) in [5.74, 6) is 0.213. The van der Waals surface area contributed by atoms with Crippen LogP contribution in [-0.4, -0.2) is 40.1 Å². The smallest absolute Gasteiger partial charge is 0.346 e. The number of methoxy groups -OCH3 is 1. The molecule has 4 rings (SSSR count). The van der Waals surface area contributed by atoms with Gasteiger partial charge < -0.3 is 10.1 Å². The Hall–Kier alpha value is -3.94. The van der Waals surface area contributed by atoms with E-state index in [0.29, 0.717) is 11.3 Å². The normalized spacial score (nSPS) is 18.6. The number of aryl methyl sites for hydroxylation is 1. The number of carbonyl (C=O) groups is 2. The second-order valence-electron chi connectivity index (χ2n) is 7.48. The molecule has 3 aromatic rings. The number of ether oxygens (including phenoxy) is 1. The molecule has 3 amide bonds. The van der Waals surface area contributed by atoms with Crippen molar-refractivity contribution in [1.82, 2.24) is 20.1 Å². The van der Waals surface area contributed by atoms with Crippen LogP contribution in [0.1, 0.15) is 29.4 Å². The van der Waals surface area contributed by atoms with Crippen molar-refractivity contribution < 1.29 is 14.3 Å². The first-order chi connectivity index (χ1) is 14.8. The van der Waals surface area contributed by atoms with Gasteiger partial charge in [-0.2, -0.15) is 10.2 Å². The second kappa shape index (κ2) is 7.71. The summed E-state index contributed by atoms with van der Waals surface area (Å²) in [5.41, 5.74) is 2.72. The van der Waals surface area contributed by atoms with Gasteiger partial charge in [-0.1, -0.05) is 30.3 Å². The fourth-order valence-electron chi connectivity index (χ4n) is 3.63. The Morgan fingerprint density at radius 3 is 2.39 bits per heavy atom. The molecule has 158 valence electrons. The van der Waals surface area contributed by atoms with Gasteiger partial charge in [-0.25, -0.2) is 9.48 Å². The number of para-hydroxylation sites is 1. The first-order valence-electron chi connectivity index (χ1n) is 9.82. The number of rotatable bonds is 5. The molecule has 1 atom stereocenters. The lowest BCUT2D eigenvalue weighted by Crippen LogP contribution is -2.40. The number of nitrogens with one attached hydrogen (secondary N) is 1. The van der Waals surface area contributed by atoms with E-state index in [1.165, 1.54) is 6.21 Å². The third-order valence-corrected chi connectivity index (χ3v) is 5.49. The number of benzene rings is 2. The van der Waals surface area contributed by atoms with Crippen LogP contribution < -0.4 is 10.1 Å². The Bertz CT molecular complexity index is 1170. The predicted octanol–water partition coefficient (Wildman–Crippen LogP) is 3.30. The van der Waals surface area contributed by atoms with E-state index in [9.17, 15) is 9.59 Å². The van der Waals surface area contributed by atoms with Gasteiger partial charge in [0.05, 0.1) is 30.4 Å². The second-order valence-corrected chi connectivity index (χ2v) is 7.48. The molecule has 2 heterocycles. The first-order valence-corrected chi connectivity index (χ1v) is 9.82. The van der Waals surface area contributed by atoms with Crippen LogP contribution in [0.4, 0.5) is 4.79 Å². The average Bonchev–Trinajstić information content (AvgIpc) is 3.19. The summed E-state index contributed by atoms with van der Waals surface area (Å²) in [5, 5.41) is 12.4. The Labute approximate surface area is 180 Å². The number of urea groups is 1. The van der Waals surface area contributed by atoms with Gasteiger partial charge >= 0.3 is 6.03 Å². The maximum atomic E-state index is 13.1. The lowest BCUT2D eigenvalue weighted by atomic mass is 9.92. The highest BCUT2D eigenvalue weighted by atomic mass is 16.5. The number of amides is 3. The van der Waals surface area contributed by atoms with Crippen molar-refractivity contribution in [3.8, 4) is 11.4 Å². The van der Waals surface area contributed by atoms with Gasteiger partial charge in [-0.15, -0.1) is 5.01 Å². The minimum atomic E-state index is -1.21. The molecule has 1 aliphatic heterocycles. The Balaban J connectivity index is 1.62. The largest absolute Gasteiger partial charge is 0.497 e. The number of nitrogens with zero attached hydrogens (tertiary/aromatic N) is 4. The molecule has 8 nitrogen and oxygen atoms in total. The lowest BCUT2D eigenvalue weighted by Gasteiger charge is -2.21. The van der Waals surface area contributed by atoms with E-state index >= 15 is 0 Å². The molecule has 0 aliphatic carbocycles. The van der Waals surface area contributed by atoms with Crippen LogP contribution in [-0.2, 0) is 10.3 Å². The van der Waals surface area contributed by atoms with Crippen LogP contribution in [0.3, 0.4) is 0 Å². The van der Waals surface area contributed by atoms with Crippen molar-refractivity contribution in [1.29, 1.82) is 0 Å². The molecule has 2 aromatic carbocycles. The molecule has 31 heavy (non-hydrogen) atoms. The summed E-state index contributed by atoms with van der Waals surface area (Å²) in [7, 11) is 1.57. The molecular weight excluding hydrogens is 394 g/mol. The molecule has 8 heteroatoms. The lowest BCUT2D eigenvalue weighted by molar-refractivity contribution is -0.131. The zero-order valence-electron chi connectivity index (χ0n) is 17.8. The van der Waals surface area contributed by atoms with Gasteiger partial charge in [0, 0.05) is 5.56 Å². The maximum absolute atomic E-state index is 13.1. The number of aromatic nitrogens is 2. The Kier molecular flexibility index (Phi) is 5.06. The molecule has 0 radical (unpaired) electrons. The van der Waals surface area contributed by atoms with Crippen molar-refractivity contribution in [2.75, 3.05) is 7.11 Å². The van der Waals surface area contributed by atoms with Crippen LogP contribution in [0.25, 0.3) is 5.69 Å². The van der Waals surface area contributed by atoms with Crippen LogP contribution in [0.2, 0.25) is 0 Å². The number of hydrazone groups is 1. The Morgan fingerprint density at radius 1 is 1.06 bits per heavy atom. The van der Waals surface area contributed by atoms with Crippen LogP contribution in [0.15, 0.2) is 59.7 Å². The van der Waals surface area contributed by atoms with Crippen molar-refractivity contribution in [3.63, 3.8) is 0 Å². The predicted molar refractivity (Wildman–Crippen MR) is 116 cm³/mol. The number of hydrogen-bond acceptors (Lipinski definition) is 5. The van der Waals surface area contributed by atoms with Crippen molar-refractivity contribution in [2.24, 2.45) is 5.10 Å². The fourth-order valence-corrected chi connectivity index (χ4v) is 3.63. The zero-order chi connectivity index (χ0) is 22.2. The van der Waals surface area contributed by atoms with E-state index in [0.717, 1.165) is 27.6 Å². The molecule has 1 aliphatic rings. The standard InChI is InChI=1S/C23H23N5O3/c1-15-20(16(2)27(26-15)18-8-6-5-7-9-18)14-24-28-21(29)23(3,25-22(28)30)17-10-12-19(31-4)13-11-17/h5-14H,1-4H3,(H,25,30)/b24-14-/t23-/m1/s1. The summed E-state index contributed by atoms with van der Waals surface area (Å²) >= 11 is 0. The SMILES string of the molecule is COc1ccc([C@@]2(C)NC(=O)N(/N=C\c3c(C)nn(-c4ccccc4)c3C)C2=O)cc1. The average molecular weight is 417 g/mol. The number of imide groups is 1. The van der Waals surface area contributed by atoms with E-state index in [1.54, 1.807) is 38.3 Å². The van der Waals surface area contributed by atoms with Gasteiger partial charge in [0.1, 0.15) is 11.3 Å². The highest BCUT2D eigenvalue weighted by Crippen LogP contribution is 2.30. The van der Waals surface area contributed by atoms with Gasteiger partial charge in [-0.05, 0) is 50.6 Å². The van der Waals surface area contributed by atoms with E-state index in [2.05, 4.69) is 15.5 Å². The molecule has 1 saturated heterocycles. The topological polar surface area (TPSA) is 88.8 Å². The maximum Gasteiger partial charge on any atom is 0.346 e. The highest BCUT2D eigenvalue weighted by Gasteiger charge is 2.49. The molecule has 0 spiro atoms. The summed E-state index contributed by atoms with van der Waals surface area (Å²) in [6.45, 7) is 5.44. The zero-order valence-corrected chi connectivity index (χ0v) is 17.8. The van der Waals surface area contributed by atoms with E-state index < -0.39 is 17.5 Å². The van der Waals surface area contributed by atoms with Crippen LogP contribution >= 0.6 is 0 Å². The molecule has 0 bridgehead atoms. The number of hydrogen-bond donors (Lipinski definition) is 1. The minimum absolute atomic E-state index is 0.454. The summed E-state index contributed by atoms with van der Waals surface area (Å²) in [6.07, 6.45) is 1.51. The molecule has 0 saturated carbocycles. The van der Waals surface area contributed by atoms with Crippen LogP contribution in [0, 0.1) is 13.8 Å². The van der Waals surface area contributed by atoms with Crippen molar-refractivity contribution >= 4 is 18.2 Å². The van der Waals surface area contributed by atoms with Crippen molar-refractivity contribution in [2.45, 2.75) is 26.3 Å². The van der Waals surface area contributed by atoms with Crippen LogP contribution in [0.5, 0.6) is 5.75 Å².